The van der Waals surface area contributed by atoms with Gasteiger partial charge in [-0.15, -0.1) is 24.0 Å². The molecule has 1 N–H and O–H groups in total. The molecule has 1 saturated heterocycles. The monoisotopic (exact) mass is 458 g/mol. The molecule has 1 aromatic heterocycles. The van der Waals surface area contributed by atoms with Crippen molar-refractivity contribution in [1.29, 1.82) is 0 Å². The Kier molecular flexibility index (Phi) is 7.48. The average molecular weight is 458 g/mol. The lowest BCUT2D eigenvalue weighted by atomic mass is 10.2. The molecule has 0 unspecified atom stereocenters. The van der Waals surface area contributed by atoms with Gasteiger partial charge < -0.3 is 19.7 Å². The molecule has 0 atom stereocenters. The summed E-state index contributed by atoms with van der Waals surface area (Å²) in [5.41, 5.74) is 0.681. The minimum absolute atomic E-state index is 0. The molecule has 1 aliphatic heterocycles. The third-order valence-corrected chi connectivity index (χ3v) is 4.20. The lowest BCUT2D eigenvalue weighted by Gasteiger charge is -2.37. The molecule has 3 rings (SSSR count). The fourth-order valence-corrected chi connectivity index (χ4v) is 2.92. The number of aromatic nitrogens is 2. The number of piperazine rings is 1. The van der Waals surface area contributed by atoms with Gasteiger partial charge in [0, 0.05) is 58.7 Å². The lowest BCUT2D eigenvalue weighted by molar-refractivity contribution is 0.370. The molecule has 1 aromatic carbocycles. The molecule has 8 heteroatoms. The van der Waals surface area contributed by atoms with Crippen molar-refractivity contribution in [1.82, 2.24) is 19.8 Å². The zero-order valence-electron chi connectivity index (χ0n) is 14.3. The Balaban J connectivity index is 0.00000225. The van der Waals surface area contributed by atoms with Gasteiger partial charge in [-0.1, -0.05) is 12.1 Å². The van der Waals surface area contributed by atoms with Gasteiger partial charge in [0.2, 0.25) is 0 Å². The molecule has 1 fully saturated rings. The van der Waals surface area contributed by atoms with Crippen molar-refractivity contribution in [2.75, 3.05) is 44.7 Å². The summed E-state index contributed by atoms with van der Waals surface area (Å²) in [5, 5.41) is 3.38. The molecule has 0 spiro atoms. The Hall–Kier alpha value is -1.84. The number of nitrogens with one attached hydrogen (secondary N) is 1. The second-order valence-corrected chi connectivity index (χ2v) is 5.70. The Morgan fingerprint density at radius 3 is 2.64 bits per heavy atom. The van der Waals surface area contributed by atoms with E-state index < -0.39 is 0 Å². The van der Waals surface area contributed by atoms with E-state index >= 15 is 0 Å². The van der Waals surface area contributed by atoms with E-state index in [9.17, 15) is 4.39 Å². The van der Waals surface area contributed by atoms with Crippen molar-refractivity contribution in [3.63, 3.8) is 0 Å². The number of anilines is 1. The molecule has 2 heterocycles. The maximum absolute atomic E-state index is 13.9. The first-order valence-corrected chi connectivity index (χ1v) is 8.19. The molecule has 0 bridgehead atoms. The van der Waals surface area contributed by atoms with Crippen LogP contribution in [0.5, 0.6) is 0 Å². The SMILES string of the molecule is CN=C(NCCn1ccnc1)N1CCN(c2ccccc2F)CC1.I. The lowest BCUT2D eigenvalue weighted by Crippen LogP contribution is -2.53. The molecular formula is C17H24FIN6. The van der Waals surface area contributed by atoms with Crippen LogP contribution in [0.2, 0.25) is 0 Å². The fraction of sp³-hybridized carbons (Fsp3) is 0.412. The largest absolute Gasteiger partial charge is 0.366 e. The summed E-state index contributed by atoms with van der Waals surface area (Å²) in [6.45, 7) is 4.83. The smallest absolute Gasteiger partial charge is 0.193 e. The number of hydrogen-bond donors (Lipinski definition) is 1. The van der Waals surface area contributed by atoms with Crippen LogP contribution in [0.25, 0.3) is 0 Å². The molecule has 6 nitrogen and oxygen atoms in total. The van der Waals surface area contributed by atoms with Crippen LogP contribution >= 0.6 is 24.0 Å². The minimum atomic E-state index is -0.159. The number of imidazole rings is 1. The summed E-state index contributed by atoms with van der Waals surface area (Å²) in [7, 11) is 1.79. The van der Waals surface area contributed by atoms with Crippen molar-refractivity contribution >= 4 is 35.6 Å². The van der Waals surface area contributed by atoms with Crippen LogP contribution in [0.15, 0.2) is 48.0 Å². The van der Waals surface area contributed by atoms with Crippen LogP contribution in [0.3, 0.4) is 0 Å². The number of guanidine groups is 1. The predicted octanol–water partition coefficient (Wildman–Crippen LogP) is 2.04. The van der Waals surface area contributed by atoms with Gasteiger partial charge in [0.25, 0.3) is 0 Å². The van der Waals surface area contributed by atoms with Crippen molar-refractivity contribution in [3.8, 4) is 0 Å². The Bertz CT molecular complexity index is 668. The summed E-state index contributed by atoms with van der Waals surface area (Å²) in [5.74, 6) is 0.733. The van der Waals surface area contributed by atoms with Gasteiger partial charge in [0.05, 0.1) is 12.0 Å². The molecule has 1 aliphatic rings. The predicted molar refractivity (Wildman–Crippen MR) is 109 cm³/mol. The van der Waals surface area contributed by atoms with Gasteiger partial charge in [-0.25, -0.2) is 9.37 Å². The topological polar surface area (TPSA) is 48.7 Å². The van der Waals surface area contributed by atoms with Crippen molar-refractivity contribution < 1.29 is 4.39 Å². The maximum Gasteiger partial charge on any atom is 0.193 e. The first-order chi connectivity index (χ1) is 11.8. The summed E-state index contributed by atoms with van der Waals surface area (Å²) < 4.78 is 15.9. The van der Waals surface area contributed by atoms with Gasteiger partial charge in [0.15, 0.2) is 5.96 Å². The molecule has 0 saturated carbocycles. The van der Waals surface area contributed by atoms with Crippen molar-refractivity contribution in [3.05, 3.63) is 48.8 Å². The first kappa shape index (κ1) is 19.5. The van der Waals surface area contributed by atoms with E-state index in [1.165, 1.54) is 6.07 Å². The summed E-state index contributed by atoms with van der Waals surface area (Å²) in [6.07, 6.45) is 5.52. The Morgan fingerprint density at radius 2 is 2.00 bits per heavy atom. The van der Waals surface area contributed by atoms with Gasteiger partial charge >= 0.3 is 0 Å². The molecule has 0 aliphatic carbocycles. The van der Waals surface area contributed by atoms with Crippen LogP contribution in [0.1, 0.15) is 0 Å². The van der Waals surface area contributed by atoms with E-state index in [2.05, 4.69) is 25.1 Å². The highest BCUT2D eigenvalue weighted by Crippen LogP contribution is 2.20. The average Bonchev–Trinajstić information content (AvgIpc) is 3.13. The van der Waals surface area contributed by atoms with E-state index in [4.69, 9.17) is 0 Å². The van der Waals surface area contributed by atoms with Crippen LogP contribution < -0.4 is 10.2 Å². The molecule has 0 amide bonds. The molecule has 0 radical (unpaired) electrons. The Morgan fingerprint density at radius 1 is 1.24 bits per heavy atom. The highest BCUT2D eigenvalue weighted by Gasteiger charge is 2.21. The number of benzene rings is 1. The summed E-state index contributed by atoms with van der Waals surface area (Å²) >= 11 is 0. The Labute approximate surface area is 164 Å². The third-order valence-electron chi connectivity index (χ3n) is 4.20. The van der Waals surface area contributed by atoms with E-state index in [-0.39, 0.29) is 29.8 Å². The highest BCUT2D eigenvalue weighted by molar-refractivity contribution is 14.0. The number of aliphatic imine (C=N–C) groups is 1. The number of halogens is 2. The first-order valence-electron chi connectivity index (χ1n) is 8.19. The standard InChI is InChI=1S/C17H23FN6.HI/c1-19-17(21-7-9-22-8-6-20-14-22)24-12-10-23(11-13-24)16-5-3-2-4-15(16)18;/h2-6,8,14H,7,9-13H2,1H3,(H,19,21);1H. The second kappa shape index (κ2) is 9.59. The second-order valence-electron chi connectivity index (χ2n) is 5.70. The number of hydrogen-bond acceptors (Lipinski definition) is 3. The molecule has 136 valence electrons. The van der Waals surface area contributed by atoms with E-state index in [1.807, 2.05) is 22.9 Å². The number of rotatable bonds is 4. The van der Waals surface area contributed by atoms with Crippen molar-refractivity contribution in [2.45, 2.75) is 6.54 Å². The van der Waals surface area contributed by atoms with Crippen LogP contribution in [0.4, 0.5) is 10.1 Å². The number of para-hydroxylation sites is 1. The third kappa shape index (κ3) is 5.07. The molecule has 2 aromatic rings. The number of nitrogens with zero attached hydrogens (tertiary/aromatic N) is 5. The van der Waals surface area contributed by atoms with Crippen LogP contribution in [0, 0.1) is 5.82 Å². The van der Waals surface area contributed by atoms with Gasteiger partial charge in [-0.05, 0) is 12.1 Å². The highest BCUT2D eigenvalue weighted by atomic mass is 127. The summed E-state index contributed by atoms with van der Waals surface area (Å²) in [4.78, 5) is 12.7. The zero-order chi connectivity index (χ0) is 16.8. The van der Waals surface area contributed by atoms with E-state index in [0.29, 0.717) is 5.69 Å². The summed E-state index contributed by atoms with van der Waals surface area (Å²) in [6, 6.07) is 6.95. The van der Waals surface area contributed by atoms with E-state index in [1.54, 1.807) is 25.6 Å². The molecular weight excluding hydrogens is 434 g/mol. The van der Waals surface area contributed by atoms with Crippen LogP contribution in [-0.4, -0.2) is 60.2 Å². The minimum Gasteiger partial charge on any atom is -0.366 e. The quantitative estimate of drug-likeness (QED) is 0.433. The molecule has 25 heavy (non-hydrogen) atoms. The van der Waals surface area contributed by atoms with Gasteiger partial charge in [0.1, 0.15) is 5.82 Å². The van der Waals surface area contributed by atoms with Gasteiger partial charge in [-0.2, -0.15) is 0 Å². The zero-order valence-corrected chi connectivity index (χ0v) is 16.6. The van der Waals surface area contributed by atoms with E-state index in [0.717, 1.165) is 45.2 Å². The van der Waals surface area contributed by atoms with Crippen LogP contribution in [-0.2, 0) is 6.54 Å². The normalized spacial score (nSPS) is 15.0. The maximum atomic E-state index is 13.9. The van der Waals surface area contributed by atoms with Gasteiger partial charge in [-0.3, -0.25) is 4.99 Å². The fourth-order valence-electron chi connectivity index (χ4n) is 2.92. The van der Waals surface area contributed by atoms with Crippen molar-refractivity contribution in [2.24, 2.45) is 4.99 Å².